The molecule has 102 valence electrons. The van der Waals surface area contributed by atoms with Crippen molar-refractivity contribution in [2.24, 2.45) is 0 Å². The van der Waals surface area contributed by atoms with Crippen molar-refractivity contribution in [2.45, 2.75) is 44.2 Å². The Bertz CT molecular complexity index is 430. The van der Waals surface area contributed by atoms with Crippen molar-refractivity contribution in [2.75, 3.05) is 13.2 Å². The summed E-state index contributed by atoms with van der Waals surface area (Å²) in [6.07, 6.45) is 5.47. The van der Waals surface area contributed by atoms with Crippen LogP contribution < -0.4 is 0 Å². The van der Waals surface area contributed by atoms with Gasteiger partial charge in [-0.2, -0.15) is 0 Å². The maximum Gasteiger partial charge on any atom is 0.227 e. The van der Waals surface area contributed by atoms with Crippen molar-refractivity contribution >= 4 is 5.91 Å². The van der Waals surface area contributed by atoms with Crippen LogP contribution in [0.5, 0.6) is 0 Å². The van der Waals surface area contributed by atoms with Crippen LogP contribution >= 0.6 is 0 Å². The molecule has 3 nitrogen and oxygen atoms in total. The first-order valence-corrected chi connectivity index (χ1v) is 7.29. The van der Waals surface area contributed by atoms with E-state index in [0.717, 1.165) is 24.9 Å². The SMILES string of the molecule is O=C(Cc1ccccc1)N1CCOC2CCCCC21. The largest absolute Gasteiger partial charge is 0.374 e. The van der Waals surface area contributed by atoms with Gasteiger partial charge in [0.2, 0.25) is 5.91 Å². The van der Waals surface area contributed by atoms with Gasteiger partial charge in [-0.1, -0.05) is 43.2 Å². The lowest BCUT2D eigenvalue weighted by Gasteiger charge is -2.43. The first-order valence-electron chi connectivity index (χ1n) is 7.29. The lowest BCUT2D eigenvalue weighted by molar-refractivity contribution is -0.148. The molecule has 2 aliphatic rings. The molecule has 2 fully saturated rings. The zero-order chi connectivity index (χ0) is 13.1. The van der Waals surface area contributed by atoms with Gasteiger partial charge < -0.3 is 9.64 Å². The molecular formula is C16H21NO2. The van der Waals surface area contributed by atoms with Crippen LogP contribution in [0.2, 0.25) is 0 Å². The Hall–Kier alpha value is -1.35. The Labute approximate surface area is 114 Å². The maximum atomic E-state index is 12.5. The van der Waals surface area contributed by atoms with Gasteiger partial charge in [0.15, 0.2) is 0 Å². The molecule has 1 saturated carbocycles. The molecule has 1 amide bonds. The number of nitrogens with zero attached hydrogens (tertiary/aromatic N) is 1. The van der Waals surface area contributed by atoms with Gasteiger partial charge in [-0.3, -0.25) is 4.79 Å². The van der Waals surface area contributed by atoms with E-state index in [4.69, 9.17) is 4.74 Å². The zero-order valence-electron chi connectivity index (χ0n) is 11.3. The molecule has 2 unspecified atom stereocenters. The summed E-state index contributed by atoms with van der Waals surface area (Å²) in [6, 6.07) is 10.3. The number of carbonyl (C=O) groups is 1. The van der Waals surface area contributed by atoms with Crippen molar-refractivity contribution in [3.05, 3.63) is 35.9 Å². The molecule has 0 spiro atoms. The third kappa shape index (κ3) is 2.81. The summed E-state index contributed by atoms with van der Waals surface area (Å²) in [5.41, 5.74) is 1.10. The van der Waals surface area contributed by atoms with Gasteiger partial charge in [-0.05, 0) is 18.4 Å². The summed E-state index contributed by atoms with van der Waals surface area (Å²) in [4.78, 5) is 14.6. The molecule has 0 aromatic heterocycles. The number of hydrogen-bond donors (Lipinski definition) is 0. The smallest absolute Gasteiger partial charge is 0.227 e. The number of rotatable bonds is 2. The lowest BCUT2D eigenvalue weighted by atomic mass is 9.90. The van der Waals surface area contributed by atoms with Gasteiger partial charge in [0.05, 0.1) is 25.2 Å². The Morgan fingerprint density at radius 1 is 1.21 bits per heavy atom. The number of carbonyl (C=O) groups excluding carboxylic acids is 1. The van der Waals surface area contributed by atoms with Gasteiger partial charge in [0.25, 0.3) is 0 Å². The standard InChI is InChI=1S/C16H21NO2/c18-16(12-13-6-2-1-3-7-13)17-10-11-19-15-9-5-4-8-14(15)17/h1-3,6-7,14-15H,4-5,8-12H2. The highest BCUT2D eigenvalue weighted by Gasteiger charge is 2.36. The predicted octanol–water partition coefficient (Wildman–Crippen LogP) is 2.40. The number of ether oxygens (including phenoxy) is 1. The van der Waals surface area contributed by atoms with Crippen molar-refractivity contribution < 1.29 is 9.53 Å². The molecule has 2 atom stereocenters. The number of hydrogen-bond acceptors (Lipinski definition) is 2. The minimum Gasteiger partial charge on any atom is -0.374 e. The molecule has 3 rings (SSSR count). The molecular weight excluding hydrogens is 238 g/mol. The van der Waals surface area contributed by atoms with E-state index < -0.39 is 0 Å². The average molecular weight is 259 g/mol. The maximum absolute atomic E-state index is 12.5. The summed E-state index contributed by atoms with van der Waals surface area (Å²) in [5, 5.41) is 0. The summed E-state index contributed by atoms with van der Waals surface area (Å²) in [5.74, 6) is 0.256. The molecule has 1 aliphatic heterocycles. The summed E-state index contributed by atoms with van der Waals surface area (Å²) >= 11 is 0. The van der Waals surface area contributed by atoms with Crippen LogP contribution in [0.25, 0.3) is 0 Å². The second kappa shape index (κ2) is 5.74. The molecule has 1 heterocycles. The van der Waals surface area contributed by atoms with Crippen LogP contribution in [0.4, 0.5) is 0 Å². The van der Waals surface area contributed by atoms with Gasteiger partial charge in [0, 0.05) is 6.54 Å². The van der Waals surface area contributed by atoms with E-state index in [1.54, 1.807) is 0 Å². The fourth-order valence-electron chi connectivity index (χ4n) is 3.28. The Morgan fingerprint density at radius 2 is 2.00 bits per heavy atom. The Kier molecular flexibility index (Phi) is 3.83. The molecule has 1 saturated heterocycles. The van der Waals surface area contributed by atoms with Crippen LogP contribution in [0.3, 0.4) is 0 Å². The molecule has 3 heteroatoms. The number of amides is 1. The second-order valence-electron chi connectivity index (χ2n) is 5.51. The first kappa shape index (κ1) is 12.7. The van der Waals surface area contributed by atoms with E-state index in [1.165, 1.54) is 12.8 Å². The van der Waals surface area contributed by atoms with E-state index in [-0.39, 0.29) is 12.0 Å². The molecule has 19 heavy (non-hydrogen) atoms. The Morgan fingerprint density at radius 3 is 2.84 bits per heavy atom. The zero-order valence-corrected chi connectivity index (χ0v) is 11.3. The highest BCUT2D eigenvalue weighted by Crippen LogP contribution is 2.28. The third-order valence-electron chi connectivity index (χ3n) is 4.25. The Balaban J connectivity index is 1.68. The van der Waals surface area contributed by atoms with Crippen LogP contribution in [0.15, 0.2) is 30.3 Å². The summed E-state index contributed by atoms with van der Waals surface area (Å²) in [7, 11) is 0. The normalized spacial score (nSPS) is 26.8. The van der Waals surface area contributed by atoms with Crippen LogP contribution in [0.1, 0.15) is 31.2 Å². The molecule has 0 bridgehead atoms. The van der Waals surface area contributed by atoms with E-state index in [9.17, 15) is 4.79 Å². The van der Waals surface area contributed by atoms with E-state index in [1.807, 2.05) is 30.3 Å². The molecule has 1 aliphatic carbocycles. The fourth-order valence-corrected chi connectivity index (χ4v) is 3.28. The van der Waals surface area contributed by atoms with Crippen LogP contribution in [-0.2, 0) is 16.0 Å². The van der Waals surface area contributed by atoms with Crippen molar-refractivity contribution in [3.63, 3.8) is 0 Å². The monoisotopic (exact) mass is 259 g/mol. The second-order valence-corrected chi connectivity index (χ2v) is 5.51. The number of morpholine rings is 1. The average Bonchev–Trinajstić information content (AvgIpc) is 2.47. The minimum atomic E-state index is 0.256. The number of fused-ring (bicyclic) bond motifs is 1. The van der Waals surface area contributed by atoms with Crippen molar-refractivity contribution in [1.82, 2.24) is 4.90 Å². The predicted molar refractivity (Wildman–Crippen MR) is 73.9 cm³/mol. The highest BCUT2D eigenvalue weighted by molar-refractivity contribution is 5.79. The summed E-state index contributed by atoms with van der Waals surface area (Å²) in [6.45, 7) is 1.45. The first-order chi connectivity index (χ1) is 9.34. The molecule has 1 aromatic rings. The van der Waals surface area contributed by atoms with E-state index in [0.29, 0.717) is 19.1 Å². The van der Waals surface area contributed by atoms with Crippen LogP contribution in [-0.4, -0.2) is 36.1 Å². The van der Waals surface area contributed by atoms with Crippen molar-refractivity contribution in [3.8, 4) is 0 Å². The van der Waals surface area contributed by atoms with Gasteiger partial charge in [-0.25, -0.2) is 0 Å². The summed E-state index contributed by atoms with van der Waals surface area (Å²) < 4.78 is 5.82. The minimum absolute atomic E-state index is 0.256. The van der Waals surface area contributed by atoms with Gasteiger partial charge in [0.1, 0.15) is 0 Å². The van der Waals surface area contributed by atoms with E-state index >= 15 is 0 Å². The quantitative estimate of drug-likeness (QED) is 0.816. The topological polar surface area (TPSA) is 29.5 Å². The lowest BCUT2D eigenvalue weighted by Crippen LogP contribution is -2.55. The van der Waals surface area contributed by atoms with Gasteiger partial charge in [-0.15, -0.1) is 0 Å². The molecule has 0 radical (unpaired) electrons. The van der Waals surface area contributed by atoms with E-state index in [2.05, 4.69) is 4.90 Å². The highest BCUT2D eigenvalue weighted by atomic mass is 16.5. The third-order valence-corrected chi connectivity index (χ3v) is 4.25. The van der Waals surface area contributed by atoms with Crippen LogP contribution in [0, 0.1) is 0 Å². The number of benzene rings is 1. The van der Waals surface area contributed by atoms with Crippen molar-refractivity contribution in [1.29, 1.82) is 0 Å². The van der Waals surface area contributed by atoms with Gasteiger partial charge >= 0.3 is 0 Å². The molecule has 0 N–H and O–H groups in total. The fraction of sp³-hybridized carbons (Fsp3) is 0.562. The molecule has 1 aromatic carbocycles.